The van der Waals surface area contributed by atoms with Crippen molar-refractivity contribution in [1.82, 2.24) is 20.0 Å². The average molecular weight is 429 g/mol. The zero-order chi connectivity index (χ0) is 20.7. The third-order valence-electron chi connectivity index (χ3n) is 7.40. The molecule has 1 saturated carbocycles. The van der Waals surface area contributed by atoms with Crippen molar-refractivity contribution in [3.8, 4) is 0 Å². The molecule has 30 heavy (non-hydrogen) atoms. The molecule has 2 aromatic rings. The monoisotopic (exact) mass is 428 g/mol. The molecule has 1 aromatic carbocycles. The van der Waals surface area contributed by atoms with E-state index in [1.807, 2.05) is 36.1 Å². The molecule has 1 aromatic heterocycles. The van der Waals surface area contributed by atoms with E-state index in [-0.39, 0.29) is 11.3 Å². The lowest BCUT2D eigenvalue weighted by molar-refractivity contribution is -0.133. The van der Waals surface area contributed by atoms with Crippen LogP contribution in [0.1, 0.15) is 49.4 Å². The number of fused-ring (bicyclic) bond motifs is 1. The third kappa shape index (κ3) is 3.65. The number of carbonyl (C=O) groups excluding carboxylic acids is 1. The fraction of sp³-hybridized carbons (Fsp3) is 0.609. The summed E-state index contributed by atoms with van der Waals surface area (Å²) in [5.74, 6) is 1.92. The van der Waals surface area contributed by atoms with E-state index >= 15 is 0 Å². The first-order valence-electron chi connectivity index (χ1n) is 11.1. The molecule has 2 atom stereocenters. The van der Waals surface area contributed by atoms with Gasteiger partial charge in [0.15, 0.2) is 0 Å². The highest BCUT2D eigenvalue weighted by atomic mass is 35.5. The zero-order valence-corrected chi connectivity index (χ0v) is 18.3. The number of aryl methyl sites for hydroxylation is 1. The number of piperidine rings is 1. The number of likely N-dealkylation sites (tertiary alicyclic amines) is 2. The standard InChI is InChI=1S/C23H29ClN4O2/c1-16-25-26-22(30-16)23-10-11-27(21(29)12-17-6-8-19(24)9-7-17)13-18(23)14-28(15-23)20-4-2-3-5-20/h6-9,18,20H,2-5,10-15H2,1H3/t18-,23-/m0/s1. The van der Waals surface area contributed by atoms with Gasteiger partial charge in [-0.2, -0.15) is 0 Å². The highest BCUT2D eigenvalue weighted by Gasteiger charge is 2.55. The average Bonchev–Trinajstić information content (AvgIpc) is 3.48. The van der Waals surface area contributed by atoms with Crippen LogP contribution in [0.5, 0.6) is 0 Å². The molecule has 1 amide bonds. The molecule has 0 bridgehead atoms. The summed E-state index contributed by atoms with van der Waals surface area (Å²) >= 11 is 5.98. The fourth-order valence-corrected chi connectivity index (χ4v) is 5.86. The molecule has 5 rings (SSSR count). The Morgan fingerprint density at radius 3 is 2.67 bits per heavy atom. The summed E-state index contributed by atoms with van der Waals surface area (Å²) in [5, 5.41) is 9.28. The van der Waals surface area contributed by atoms with E-state index in [4.69, 9.17) is 16.0 Å². The van der Waals surface area contributed by atoms with Gasteiger partial charge in [0, 0.05) is 50.1 Å². The van der Waals surface area contributed by atoms with Crippen LogP contribution in [0.2, 0.25) is 5.02 Å². The summed E-state index contributed by atoms with van der Waals surface area (Å²) in [6.45, 7) is 5.34. The van der Waals surface area contributed by atoms with E-state index in [1.54, 1.807) is 0 Å². The van der Waals surface area contributed by atoms with Gasteiger partial charge in [0.05, 0.1) is 11.8 Å². The quantitative estimate of drug-likeness (QED) is 0.744. The van der Waals surface area contributed by atoms with Crippen molar-refractivity contribution in [1.29, 1.82) is 0 Å². The second-order valence-corrected chi connectivity index (χ2v) is 9.68. The minimum absolute atomic E-state index is 0.124. The molecule has 3 heterocycles. The second-order valence-electron chi connectivity index (χ2n) is 9.24. The van der Waals surface area contributed by atoms with Crippen LogP contribution in [0.15, 0.2) is 28.7 Å². The van der Waals surface area contributed by atoms with E-state index in [0.717, 1.165) is 44.1 Å². The smallest absolute Gasteiger partial charge is 0.227 e. The Morgan fingerprint density at radius 2 is 1.97 bits per heavy atom. The van der Waals surface area contributed by atoms with Crippen LogP contribution in [0.4, 0.5) is 0 Å². The third-order valence-corrected chi connectivity index (χ3v) is 7.66. The van der Waals surface area contributed by atoms with Gasteiger partial charge in [-0.05, 0) is 37.0 Å². The molecule has 0 unspecified atom stereocenters. The maximum atomic E-state index is 13.1. The highest BCUT2D eigenvalue weighted by molar-refractivity contribution is 6.30. The molecule has 0 radical (unpaired) electrons. The Labute approximate surface area is 182 Å². The van der Waals surface area contributed by atoms with Gasteiger partial charge in [0.1, 0.15) is 0 Å². The molecule has 2 saturated heterocycles. The molecular weight excluding hydrogens is 400 g/mol. The number of rotatable bonds is 4. The van der Waals surface area contributed by atoms with Crippen LogP contribution in [0.3, 0.4) is 0 Å². The lowest BCUT2D eigenvalue weighted by Gasteiger charge is -2.41. The first-order valence-corrected chi connectivity index (χ1v) is 11.5. The summed E-state index contributed by atoms with van der Waals surface area (Å²) in [5.41, 5.74) is 0.883. The fourth-order valence-electron chi connectivity index (χ4n) is 5.73. The van der Waals surface area contributed by atoms with E-state index in [1.165, 1.54) is 25.7 Å². The van der Waals surface area contributed by atoms with Gasteiger partial charge in [-0.3, -0.25) is 9.69 Å². The molecule has 1 aliphatic carbocycles. The van der Waals surface area contributed by atoms with Crippen molar-refractivity contribution in [2.24, 2.45) is 5.92 Å². The lowest BCUT2D eigenvalue weighted by atomic mass is 9.72. The summed E-state index contributed by atoms with van der Waals surface area (Å²) in [6, 6.07) is 8.23. The minimum atomic E-state index is -0.124. The normalized spacial score (nSPS) is 27.5. The number of carbonyl (C=O) groups is 1. The molecule has 7 heteroatoms. The van der Waals surface area contributed by atoms with E-state index in [9.17, 15) is 4.79 Å². The molecule has 3 aliphatic rings. The van der Waals surface area contributed by atoms with Crippen LogP contribution in [-0.4, -0.2) is 58.1 Å². The van der Waals surface area contributed by atoms with Crippen LogP contribution < -0.4 is 0 Å². The maximum Gasteiger partial charge on any atom is 0.227 e. The van der Waals surface area contributed by atoms with Gasteiger partial charge in [-0.15, -0.1) is 10.2 Å². The Bertz CT molecular complexity index is 908. The van der Waals surface area contributed by atoms with E-state index < -0.39 is 0 Å². The topological polar surface area (TPSA) is 62.5 Å². The Hall–Kier alpha value is -1.92. The number of amides is 1. The molecule has 3 fully saturated rings. The Balaban J connectivity index is 1.35. The summed E-state index contributed by atoms with van der Waals surface area (Å²) in [4.78, 5) is 17.7. The number of hydrogen-bond donors (Lipinski definition) is 0. The van der Waals surface area contributed by atoms with Gasteiger partial charge < -0.3 is 9.32 Å². The zero-order valence-electron chi connectivity index (χ0n) is 17.5. The van der Waals surface area contributed by atoms with Crippen molar-refractivity contribution in [2.45, 2.75) is 56.9 Å². The Morgan fingerprint density at radius 1 is 1.20 bits per heavy atom. The summed E-state index contributed by atoms with van der Waals surface area (Å²) < 4.78 is 5.98. The van der Waals surface area contributed by atoms with Crippen molar-refractivity contribution in [3.63, 3.8) is 0 Å². The molecule has 6 nitrogen and oxygen atoms in total. The van der Waals surface area contributed by atoms with Crippen LogP contribution in [-0.2, 0) is 16.6 Å². The predicted molar refractivity (Wildman–Crippen MR) is 114 cm³/mol. The summed E-state index contributed by atoms with van der Waals surface area (Å²) in [6.07, 6.45) is 6.52. The SMILES string of the molecule is Cc1nnc([C@]23CCN(C(=O)Cc4ccc(Cl)cc4)C[C@H]2CN(C2CCCC2)C3)o1. The van der Waals surface area contributed by atoms with E-state index in [2.05, 4.69) is 15.1 Å². The van der Waals surface area contributed by atoms with Crippen molar-refractivity contribution < 1.29 is 9.21 Å². The number of benzene rings is 1. The van der Waals surface area contributed by atoms with Crippen LogP contribution >= 0.6 is 11.6 Å². The number of aromatic nitrogens is 2. The molecular formula is C23H29ClN4O2. The summed E-state index contributed by atoms with van der Waals surface area (Å²) in [7, 11) is 0. The Kier molecular flexibility index (Phi) is 5.31. The molecule has 160 valence electrons. The largest absolute Gasteiger partial charge is 0.425 e. The van der Waals surface area contributed by atoms with Crippen molar-refractivity contribution >= 4 is 17.5 Å². The number of nitrogens with zero attached hydrogens (tertiary/aromatic N) is 4. The number of halogens is 1. The highest BCUT2D eigenvalue weighted by Crippen LogP contribution is 2.46. The number of hydrogen-bond acceptors (Lipinski definition) is 5. The second kappa shape index (κ2) is 7.97. The molecule has 2 aliphatic heterocycles. The molecule has 0 N–H and O–H groups in total. The predicted octanol–water partition coefficient (Wildman–Crippen LogP) is 3.62. The van der Waals surface area contributed by atoms with Gasteiger partial charge in [0.2, 0.25) is 17.7 Å². The van der Waals surface area contributed by atoms with Crippen molar-refractivity contribution in [2.75, 3.05) is 26.2 Å². The van der Waals surface area contributed by atoms with E-state index in [0.29, 0.717) is 29.3 Å². The van der Waals surface area contributed by atoms with Crippen molar-refractivity contribution in [3.05, 3.63) is 46.6 Å². The lowest BCUT2D eigenvalue weighted by Crippen LogP contribution is -2.51. The van der Waals surface area contributed by atoms with Crippen LogP contribution in [0, 0.1) is 12.8 Å². The van der Waals surface area contributed by atoms with Gasteiger partial charge in [-0.1, -0.05) is 36.6 Å². The van der Waals surface area contributed by atoms with Gasteiger partial charge in [0.25, 0.3) is 0 Å². The van der Waals surface area contributed by atoms with Gasteiger partial charge in [-0.25, -0.2) is 0 Å². The minimum Gasteiger partial charge on any atom is -0.425 e. The first kappa shape index (κ1) is 20.0. The van der Waals surface area contributed by atoms with Crippen LogP contribution in [0.25, 0.3) is 0 Å². The van der Waals surface area contributed by atoms with Gasteiger partial charge >= 0.3 is 0 Å². The first-order chi connectivity index (χ1) is 14.5. The maximum absolute atomic E-state index is 13.1. The molecule has 0 spiro atoms.